The highest BCUT2D eigenvalue weighted by Crippen LogP contribution is 2.45. The molecule has 0 spiro atoms. The van der Waals surface area contributed by atoms with Gasteiger partial charge >= 0.3 is 0 Å². The maximum absolute atomic E-state index is 13.3. The summed E-state index contributed by atoms with van der Waals surface area (Å²) < 4.78 is 22.3. The largest absolute Gasteiger partial charge is 0.493 e. The van der Waals surface area contributed by atoms with E-state index in [4.69, 9.17) is 30.5 Å². The van der Waals surface area contributed by atoms with Gasteiger partial charge in [-0.3, -0.25) is 14.6 Å². The van der Waals surface area contributed by atoms with Gasteiger partial charge in [0.25, 0.3) is 0 Å². The van der Waals surface area contributed by atoms with Gasteiger partial charge in [-0.25, -0.2) is 0 Å². The van der Waals surface area contributed by atoms with Crippen LogP contribution in [0.2, 0.25) is 5.02 Å². The molecule has 1 saturated heterocycles. The molecular formula is C24H30Cl2N2O5. The van der Waals surface area contributed by atoms with E-state index in [9.17, 15) is 4.79 Å². The van der Waals surface area contributed by atoms with Crippen molar-refractivity contribution in [1.82, 2.24) is 9.80 Å². The summed E-state index contributed by atoms with van der Waals surface area (Å²) in [6.07, 6.45) is 0.657. The molecule has 0 amide bonds. The number of methoxy groups -OCH3 is 3. The molecule has 2 aromatic carbocycles. The molecule has 1 aliphatic carbocycles. The number of ketones is 1. The molecule has 2 aromatic rings. The fourth-order valence-corrected chi connectivity index (χ4v) is 4.65. The van der Waals surface area contributed by atoms with Crippen LogP contribution in [-0.4, -0.2) is 82.3 Å². The van der Waals surface area contributed by atoms with Crippen LogP contribution < -0.4 is 18.9 Å². The van der Waals surface area contributed by atoms with Crippen LogP contribution in [0.5, 0.6) is 23.0 Å². The van der Waals surface area contributed by atoms with Gasteiger partial charge in [-0.05, 0) is 42.3 Å². The van der Waals surface area contributed by atoms with E-state index in [0.717, 1.165) is 44.0 Å². The summed E-state index contributed by atoms with van der Waals surface area (Å²) in [5.74, 6) is 2.43. The molecule has 4 rings (SSSR count). The lowest BCUT2D eigenvalue weighted by Crippen LogP contribution is -2.52. The third-order valence-corrected chi connectivity index (χ3v) is 6.46. The Hall–Kier alpha value is -2.19. The number of Topliss-reactive ketones (excluding diaryl/α,β-unsaturated/α-hetero) is 1. The van der Waals surface area contributed by atoms with Crippen LogP contribution in [-0.2, 0) is 6.42 Å². The number of benzene rings is 2. The second-order valence-corrected chi connectivity index (χ2v) is 8.38. The van der Waals surface area contributed by atoms with Crippen molar-refractivity contribution in [1.29, 1.82) is 0 Å². The minimum Gasteiger partial charge on any atom is -0.493 e. The van der Waals surface area contributed by atoms with E-state index in [0.29, 0.717) is 40.9 Å². The van der Waals surface area contributed by atoms with Crippen LogP contribution in [0.15, 0.2) is 30.3 Å². The summed E-state index contributed by atoms with van der Waals surface area (Å²) in [5, 5.41) is 0.701. The molecule has 0 radical (unpaired) electrons. The molecule has 1 unspecified atom stereocenters. The Balaban J connectivity index is 0.00000306. The number of rotatable bonds is 8. The summed E-state index contributed by atoms with van der Waals surface area (Å²) in [4.78, 5) is 18.0. The summed E-state index contributed by atoms with van der Waals surface area (Å²) in [5.41, 5.74) is 1.57. The van der Waals surface area contributed by atoms with Crippen LogP contribution >= 0.6 is 24.0 Å². The number of carbonyl (C=O) groups excluding carboxylic acids is 1. The molecule has 180 valence electrons. The highest BCUT2D eigenvalue weighted by atomic mass is 35.5. The van der Waals surface area contributed by atoms with Crippen molar-refractivity contribution >= 4 is 29.8 Å². The van der Waals surface area contributed by atoms with Crippen LogP contribution in [0.3, 0.4) is 0 Å². The van der Waals surface area contributed by atoms with Gasteiger partial charge in [0.1, 0.15) is 12.4 Å². The number of hydrogen-bond acceptors (Lipinski definition) is 7. The van der Waals surface area contributed by atoms with Gasteiger partial charge in [-0.15, -0.1) is 12.4 Å². The smallest absolute Gasteiger partial charge is 0.204 e. The molecule has 9 heteroatoms. The lowest BCUT2D eigenvalue weighted by molar-refractivity contribution is 0.0665. The Morgan fingerprint density at radius 1 is 0.970 bits per heavy atom. The number of nitrogens with zero attached hydrogens (tertiary/aromatic N) is 2. The zero-order chi connectivity index (χ0) is 22.7. The first-order chi connectivity index (χ1) is 15.5. The fourth-order valence-electron chi connectivity index (χ4n) is 4.52. The zero-order valence-corrected chi connectivity index (χ0v) is 20.7. The van der Waals surface area contributed by atoms with Crippen molar-refractivity contribution in [3.63, 3.8) is 0 Å². The maximum atomic E-state index is 13.3. The topological polar surface area (TPSA) is 60.5 Å². The van der Waals surface area contributed by atoms with E-state index in [1.807, 2.05) is 30.3 Å². The average Bonchev–Trinajstić information content (AvgIpc) is 3.15. The number of carbonyl (C=O) groups is 1. The van der Waals surface area contributed by atoms with Gasteiger partial charge in [-0.2, -0.15) is 0 Å². The normalized spacial score (nSPS) is 18.4. The molecular weight excluding hydrogens is 467 g/mol. The van der Waals surface area contributed by atoms with Crippen LogP contribution in [0.1, 0.15) is 15.9 Å². The Bertz CT molecular complexity index is 962. The van der Waals surface area contributed by atoms with Gasteiger partial charge < -0.3 is 18.9 Å². The van der Waals surface area contributed by atoms with Crippen molar-refractivity contribution in [3.8, 4) is 23.0 Å². The van der Waals surface area contributed by atoms with Crippen LogP contribution in [0.4, 0.5) is 0 Å². The van der Waals surface area contributed by atoms with Gasteiger partial charge in [0, 0.05) is 37.7 Å². The second-order valence-electron chi connectivity index (χ2n) is 7.94. The molecule has 7 nitrogen and oxygen atoms in total. The monoisotopic (exact) mass is 496 g/mol. The number of halogens is 2. The molecule has 1 fully saturated rings. The number of piperazine rings is 1. The quantitative estimate of drug-likeness (QED) is 0.553. The number of hydrogen-bond donors (Lipinski definition) is 0. The third-order valence-electron chi connectivity index (χ3n) is 6.21. The molecule has 0 saturated carbocycles. The summed E-state index contributed by atoms with van der Waals surface area (Å²) in [6.45, 7) is 4.93. The Kier molecular flexibility index (Phi) is 8.70. The molecule has 0 bridgehead atoms. The lowest BCUT2D eigenvalue weighted by atomic mass is 10.1. The van der Waals surface area contributed by atoms with Crippen molar-refractivity contribution in [2.45, 2.75) is 12.5 Å². The van der Waals surface area contributed by atoms with E-state index in [2.05, 4.69) is 9.80 Å². The van der Waals surface area contributed by atoms with E-state index in [1.165, 1.54) is 0 Å². The highest BCUT2D eigenvalue weighted by molar-refractivity contribution is 6.30. The first-order valence-electron chi connectivity index (χ1n) is 10.8. The minimum absolute atomic E-state index is 0. The van der Waals surface area contributed by atoms with Gasteiger partial charge in [0.15, 0.2) is 17.3 Å². The molecule has 0 N–H and O–H groups in total. The Morgan fingerprint density at radius 3 is 2.24 bits per heavy atom. The fraction of sp³-hybridized carbons (Fsp3) is 0.458. The van der Waals surface area contributed by atoms with Crippen LogP contribution in [0.25, 0.3) is 0 Å². The van der Waals surface area contributed by atoms with Gasteiger partial charge in [0.05, 0.1) is 32.9 Å². The summed E-state index contributed by atoms with van der Waals surface area (Å²) >= 11 is 5.91. The third kappa shape index (κ3) is 5.32. The molecule has 1 aliphatic heterocycles. The van der Waals surface area contributed by atoms with Gasteiger partial charge in [-0.1, -0.05) is 11.6 Å². The molecule has 0 aromatic heterocycles. The van der Waals surface area contributed by atoms with Crippen molar-refractivity contribution in [2.75, 3.05) is 60.7 Å². The predicted octanol–water partition coefficient (Wildman–Crippen LogP) is 3.59. The van der Waals surface area contributed by atoms with Crippen molar-refractivity contribution < 1.29 is 23.7 Å². The van der Waals surface area contributed by atoms with E-state index in [1.54, 1.807) is 21.3 Å². The van der Waals surface area contributed by atoms with Crippen LogP contribution in [0, 0.1) is 0 Å². The minimum atomic E-state index is -0.178. The lowest BCUT2D eigenvalue weighted by Gasteiger charge is -2.37. The second kappa shape index (κ2) is 11.3. The summed E-state index contributed by atoms with van der Waals surface area (Å²) in [6, 6.07) is 9.13. The highest BCUT2D eigenvalue weighted by Gasteiger charge is 2.40. The molecule has 1 atom stereocenters. The van der Waals surface area contributed by atoms with Crippen molar-refractivity contribution in [3.05, 3.63) is 46.5 Å². The number of fused-ring (bicyclic) bond motifs is 1. The SMILES string of the molecule is COc1cc2c(c(OC)c1OC)C(=O)C(N1CCN(CCOc3ccc(Cl)cc3)CC1)C2.Cl. The van der Waals surface area contributed by atoms with E-state index >= 15 is 0 Å². The predicted molar refractivity (Wildman–Crippen MR) is 130 cm³/mol. The first-order valence-corrected chi connectivity index (χ1v) is 11.1. The molecule has 33 heavy (non-hydrogen) atoms. The molecule has 2 aliphatic rings. The maximum Gasteiger partial charge on any atom is 0.204 e. The first kappa shape index (κ1) is 25.4. The zero-order valence-electron chi connectivity index (χ0n) is 19.1. The molecule has 1 heterocycles. The standard InChI is InChI=1S/C24H29ClN2O5.ClH/c1-29-20-15-16-14-19(22(28)21(16)24(31-3)23(20)30-2)27-10-8-26(9-11-27)12-13-32-18-6-4-17(25)5-7-18;/h4-7,15,19H,8-14H2,1-3H3;1H. The average molecular weight is 497 g/mol. The Labute approximate surface area is 205 Å². The number of ether oxygens (including phenoxy) is 4. The van der Waals surface area contributed by atoms with Gasteiger partial charge in [0.2, 0.25) is 5.75 Å². The van der Waals surface area contributed by atoms with E-state index < -0.39 is 0 Å². The Morgan fingerprint density at radius 2 is 1.64 bits per heavy atom. The van der Waals surface area contributed by atoms with E-state index in [-0.39, 0.29) is 24.2 Å². The summed E-state index contributed by atoms with van der Waals surface area (Å²) in [7, 11) is 4.70. The van der Waals surface area contributed by atoms with Crippen molar-refractivity contribution in [2.24, 2.45) is 0 Å².